The van der Waals surface area contributed by atoms with Crippen molar-refractivity contribution < 1.29 is 23.1 Å². The third-order valence-corrected chi connectivity index (χ3v) is 14.7. The van der Waals surface area contributed by atoms with E-state index in [9.17, 15) is 4.79 Å². The van der Waals surface area contributed by atoms with Crippen LogP contribution in [-0.4, -0.2) is 89.3 Å². The topological polar surface area (TPSA) is 93.2 Å². The first-order valence-corrected chi connectivity index (χ1v) is 19.6. The lowest BCUT2D eigenvalue weighted by molar-refractivity contribution is 0.0232. The van der Waals surface area contributed by atoms with Crippen molar-refractivity contribution in [2.24, 2.45) is 0 Å². The second-order valence-corrected chi connectivity index (χ2v) is 20.5. The molecule has 0 radical (unpaired) electrons. The van der Waals surface area contributed by atoms with Gasteiger partial charge in [0, 0.05) is 31.9 Å². The minimum Gasteiger partial charge on any atom is -0.461 e. The van der Waals surface area contributed by atoms with Gasteiger partial charge in [0.2, 0.25) is 0 Å². The number of rotatable bonds is 7. The average molecular weight is 665 g/mol. The summed E-state index contributed by atoms with van der Waals surface area (Å²) >= 11 is 6.11. The van der Waals surface area contributed by atoms with E-state index in [0.29, 0.717) is 36.9 Å². The van der Waals surface area contributed by atoms with E-state index >= 15 is 4.39 Å². The van der Waals surface area contributed by atoms with Crippen molar-refractivity contribution >= 4 is 42.7 Å². The molecule has 5 heterocycles. The number of carbonyl (C=O) groups excluding carboxylic acids is 1. The lowest BCUT2D eigenvalue weighted by atomic mass is 9.95. The van der Waals surface area contributed by atoms with Gasteiger partial charge < -0.3 is 13.9 Å². The third kappa shape index (κ3) is 7.18. The predicted octanol–water partition coefficient (Wildman–Crippen LogP) is 7.36. The minimum atomic E-state index is -1.87. The number of fused-ring (bicyclic) bond motifs is 2. The number of anilines is 1. The first kappa shape index (κ1) is 34.1. The highest BCUT2D eigenvalue weighted by molar-refractivity contribution is 6.74. The Hall–Kier alpha value is -2.28. The number of hydrogen-bond donors (Lipinski definition) is 0. The fourth-order valence-electron chi connectivity index (χ4n) is 6.44. The Balaban J connectivity index is 1.43. The quantitative estimate of drug-likeness (QED) is 0.222. The molecule has 250 valence electrons. The van der Waals surface area contributed by atoms with Crippen molar-refractivity contribution in [3.63, 3.8) is 0 Å². The number of carbonyl (C=O) groups is 1. The molecule has 0 saturated carbocycles. The van der Waals surface area contributed by atoms with Gasteiger partial charge in [0.15, 0.2) is 25.1 Å². The SMILES string of the molecule is CC(C)(C)OC(=O)N1CCCCCN1c1nc(OCC23CCCN2C(CO[Si](C)(C)C(C)(C)C)CC3)nc2c(F)c(Cl)ncc12. The number of ether oxygens (including phenoxy) is 2. The van der Waals surface area contributed by atoms with Gasteiger partial charge in [-0.25, -0.2) is 19.2 Å². The average Bonchev–Trinajstić information content (AvgIpc) is 3.40. The second kappa shape index (κ2) is 12.7. The Morgan fingerprint density at radius 3 is 2.51 bits per heavy atom. The molecule has 3 saturated heterocycles. The summed E-state index contributed by atoms with van der Waals surface area (Å²) in [5.41, 5.74) is -0.824. The molecule has 0 aliphatic carbocycles. The third-order valence-electron chi connectivity index (χ3n) is 9.93. The van der Waals surface area contributed by atoms with Gasteiger partial charge in [0.05, 0.1) is 10.9 Å². The van der Waals surface area contributed by atoms with Crippen LogP contribution >= 0.6 is 11.6 Å². The van der Waals surface area contributed by atoms with Crippen molar-refractivity contribution in [1.82, 2.24) is 24.9 Å². The molecule has 1 amide bonds. The van der Waals surface area contributed by atoms with Crippen molar-refractivity contribution in [1.29, 1.82) is 0 Å². The molecule has 0 spiro atoms. The first-order valence-electron chi connectivity index (χ1n) is 16.3. The number of hydrazine groups is 1. The van der Waals surface area contributed by atoms with Crippen LogP contribution in [0.2, 0.25) is 23.3 Å². The van der Waals surface area contributed by atoms with Crippen LogP contribution in [0.1, 0.15) is 86.5 Å². The highest BCUT2D eigenvalue weighted by Crippen LogP contribution is 2.44. The van der Waals surface area contributed by atoms with Crippen LogP contribution < -0.4 is 9.75 Å². The molecule has 13 heteroatoms. The summed E-state index contributed by atoms with van der Waals surface area (Å²) in [5.74, 6) is -0.399. The van der Waals surface area contributed by atoms with E-state index in [0.717, 1.165) is 58.1 Å². The fourth-order valence-corrected chi connectivity index (χ4v) is 7.62. The molecule has 5 rings (SSSR count). The zero-order valence-electron chi connectivity index (χ0n) is 28.2. The predicted molar refractivity (Wildman–Crippen MR) is 177 cm³/mol. The summed E-state index contributed by atoms with van der Waals surface area (Å²) in [6.45, 7) is 19.9. The van der Waals surface area contributed by atoms with Crippen LogP contribution in [0.3, 0.4) is 0 Å². The van der Waals surface area contributed by atoms with Crippen LogP contribution in [0.25, 0.3) is 10.9 Å². The number of pyridine rings is 1. The Morgan fingerprint density at radius 1 is 1.07 bits per heavy atom. The van der Waals surface area contributed by atoms with Gasteiger partial charge in [-0.15, -0.1) is 0 Å². The molecule has 2 aromatic heterocycles. The van der Waals surface area contributed by atoms with E-state index in [1.165, 1.54) is 6.20 Å². The van der Waals surface area contributed by atoms with E-state index < -0.39 is 25.8 Å². The van der Waals surface area contributed by atoms with Gasteiger partial charge in [-0.3, -0.25) is 9.91 Å². The van der Waals surface area contributed by atoms with Crippen LogP contribution in [-0.2, 0) is 9.16 Å². The first-order chi connectivity index (χ1) is 21.0. The summed E-state index contributed by atoms with van der Waals surface area (Å²) in [6.07, 6.45) is 7.64. The normalized spacial score (nSPS) is 23.4. The van der Waals surface area contributed by atoms with E-state index in [2.05, 4.69) is 48.7 Å². The van der Waals surface area contributed by atoms with E-state index in [4.69, 9.17) is 30.5 Å². The van der Waals surface area contributed by atoms with Crippen LogP contribution in [0.4, 0.5) is 15.0 Å². The van der Waals surface area contributed by atoms with E-state index in [-0.39, 0.29) is 27.3 Å². The second-order valence-electron chi connectivity index (χ2n) is 15.3. The standard InChI is InChI=1S/C32H50ClFN6O4Si/c1-30(2,3)44-29(41)40-18-11-9-10-17-39(40)27-23-19-35-26(33)24(34)25(23)36-28(37-27)42-21-32-14-12-16-38(32)22(13-15-32)20-43-45(7,8)31(4,5)6/h19,22H,9-18,20-21H2,1-8H3. The zero-order valence-corrected chi connectivity index (χ0v) is 30.0. The maximum absolute atomic E-state index is 15.5. The maximum Gasteiger partial charge on any atom is 0.429 e. The Labute approximate surface area is 273 Å². The Morgan fingerprint density at radius 2 is 1.80 bits per heavy atom. The fraction of sp³-hybridized carbons (Fsp3) is 0.750. The highest BCUT2D eigenvalue weighted by atomic mass is 35.5. The smallest absolute Gasteiger partial charge is 0.429 e. The van der Waals surface area contributed by atoms with Crippen molar-refractivity contribution in [3.05, 3.63) is 17.2 Å². The molecular weight excluding hydrogens is 615 g/mol. The van der Waals surface area contributed by atoms with Crippen molar-refractivity contribution in [3.8, 4) is 6.01 Å². The van der Waals surface area contributed by atoms with E-state index in [1.54, 1.807) is 10.0 Å². The lowest BCUT2D eigenvalue weighted by Crippen LogP contribution is -2.50. The molecule has 0 N–H and O–H groups in total. The number of amides is 1. The van der Waals surface area contributed by atoms with Gasteiger partial charge in [-0.2, -0.15) is 9.97 Å². The zero-order chi connectivity index (χ0) is 32.8. The molecule has 3 aliphatic rings. The van der Waals surface area contributed by atoms with Gasteiger partial charge in [-0.1, -0.05) is 32.4 Å². The van der Waals surface area contributed by atoms with Gasteiger partial charge in [-0.05, 0) is 90.4 Å². The Kier molecular flexibility index (Phi) is 9.63. The van der Waals surface area contributed by atoms with Crippen molar-refractivity contribution in [2.75, 3.05) is 37.9 Å². The largest absolute Gasteiger partial charge is 0.461 e. The summed E-state index contributed by atoms with van der Waals surface area (Å²) in [7, 11) is -1.87. The van der Waals surface area contributed by atoms with Crippen LogP contribution in [0.5, 0.6) is 6.01 Å². The number of aromatic nitrogens is 3. The summed E-state index contributed by atoms with van der Waals surface area (Å²) < 4.78 is 34.3. The van der Waals surface area contributed by atoms with Gasteiger partial charge >= 0.3 is 12.1 Å². The summed E-state index contributed by atoms with van der Waals surface area (Å²) in [6, 6.07) is 0.384. The number of hydrogen-bond acceptors (Lipinski definition) is 9. The molecule has 2 atom stereocenters. The maximum atomic E-state index is 15.5. The number of halogens is 2. The molecule has 0 bridgehead atoms. The molecule has 3 aliphatic heterocycles. The minimum absolute atomic E-state index is 0.0104. The number of nitrogens with zero attached hydrogens (tertiary/aromatic N) is 6. The van der Waals surface area contributed by atoms with Gasteiger partial charge in [0.25, 0.3) is 0 Å². The summed E-state index contributed by atoms with van der Waals surface area (Å²) in [4.78, 5) is 29.3. The van der Waals surface area contributed by atoms with Crippen LogP contribution in [0.15, 0.2) is 6.20 Å². The van der Waals surface area contributed by atoms with Crippen LogP contribution in [0, 0.1) is 5.82 Å². The monoisotopic (exact) mass is 664 g/mol. The molecular formula is C32H50ClFN6O4Si. The lowest BCUT2D eigenvalue weighted by Gasteiger charge is -2.39. The molecule has 2 aromatic rings. The summed E-state index contributed by atoms with van der Waals surface area (Å²) in [5, 5.41) is 3.54. The van der Waals surface area contributed by atoms with Gasteiger partial charge in [0.1, 0.15) is 17.7 Å². The molecule has 45 heavy (non-hydrogen) atoms. The molecule has 2 unspecified atom stereocenters. The Bertz CT molecular complexity index is 1400. The molecule has 3 fully saturated rings. The van der Waals surface area contributed by atoms with E-state index in [1.807, 2.05) is 20.8 Å². The molecule has 10 nitrogen and oxygen atoms in total. The van der Waals surface area contributed by atoms with Crippen molar-refractivity contribution in [2.45, 2.75) is 122 Å². The highest BCUT2D eigenvalue weighted by Gasteiger charge is 2.50. The molecule has 0 aromatic carbocycles.